The van der Waals surface area contributed by atoms with Crippen molar-refractivity contribution in [2.75, 3.05) is 0 Å². The number of nitrogens with one attached hydrogen (secondary N) is 1. The molecule has 0 saturated carbocycles. The van der Waals surface area contributed by atoms with Gasteiger partial charge in [-0.3, -0.25) is 4.98 Å². The Kier molecular flexibility index (Phi) is 1.75. The van der Waals surface area contributed by atoms with Gasteiger partial charge in [-0.1, -0.05) is 0 Å². The second-order valence-electron chi connectivity index (χ2n) is 2.30. The topological polar surface area (TPSA) is 41.8 Å². The Balaban J connectivity index is 2.51. The Bertz CT molecular complexity index is 418. The number of pyridine rings is 1. The van der Waals surface area contributed by atoms with Crippen LogP contribution in [-0.4, -0.2) is 9.97 Å². The highest BCUT2D eigenvalue weighted by molar-refractivity contribution is 7.71. The number of oxazole rings is 1. The van der Waals surface area contributed by atoms with E-state index in [4.69, 9.17) is 16.6 Å². The summed E-state index contributed by atoms with van der Waals surface area (Å²) in [6, 6.07) is 3.79. The Labute approximate surface area is 74.1 Å². The van der Waals surface area contributed by atoms with Gasteiger partial charge in [-0.05, 0) is 24.4 Å². The first-order valence-electron chi connectivity index (χ1n) is 3.44. The van der Waals surface area contributed by atoms with E-state index in [1.54, 1.807) is 18.7 Å². The molecule has 0 aliphatic carbocycles. The molecule has 0 aliphatic heterocycles. The third-order valence-corrected chi connectivity index (χ3v) is 1.69. The summed E-state index contributed by atoms with van der Waals surface area (Å²) in [6.07, 6.45) is 5.05. The summed E-state index contributed by atoms with van der Waals surface area (Å²) < 4.78 is 4.95. The molecule has 0 amide bonds. The normalized spacial score (nSPS) is 10.0. The van der Waals surface area contributed by atoms with Crippen LogP contribution in [0.4, 0.5) is 0 Å². The van der Waals surface area contributed by atoms with E-state index < -0.39 is 0 Å². The first-order chi connectivity index (χ1) is 5.86. The van der Waals surface area contributed by atoms with Gasteiger partial charge in [-0.25, -0.2) is 0 Å². The standard InChI is InChI=1S/C8H6N2OS/c12-8-10-7(5-11-8)6-2-1-3-9-4-6/h1-5H,(H,10,12). The number of aromatic amines is 1. The van der Waals surface area contributed by atoms with E-state index in [9.17, 15) is 0 Å². The molecule has 0 aromatic carbocycles. The average molecular weight is 178 g/mol. The third kappa shape index (κ3) is 1.29. The number of H-pyrrole nitrogens is 1. The minimum Gasteiger partial charge on any atom is -0.437 e. The molecule has 0 atom stereocenters. The van der Waals surface area contributed by atoms with Crippen LogP contribution in [0.15, 0.2) is 35.2 Å². The average Bonchev–Trinajstić information content (AvgIpc) is 2.54. The van der Waals surface area contributed by atoms with Crippen molar-refractivity contribution >= 4 is 12.2 Å². The van der Waals surface area contributed by atoms with Crippen LogP contribution in [0.1, 0.15) is 0 Å². The van der Waals surface area contributed by atoms with Crippen LogP contribution >= 0.6 is 12.2 Å². The van der Waals surface area contributed by atoms with E-state index in [0.29, 0.717) is 4.84 Å². The van der Waals surface area contributed by atoms with Gasteiger partial charge in [0.25, 0.3) is 4.84 Å². The van der Waals surface area contributed by atoms with Gasteiger partial charge >= 0.3 is 0 Å². The van der Waals surface area contributed by atoms with Crippen molar-refractivity contribution in [1.29, 1.82) is 0 Å². The van der Waals surface area contributed by atoms with Gasteiger partial charge in [0, 0.05) is 18.0 Å². The molecule has 0 radical (unpaired) electrons. The number of aromatic nitrogens is 2. The lowest BCUT2D eigenvalue weighted by Crippen LogP contribution is -1.77. The fraction of sp³-hybridized carbons (Fsp3) is 0. The quantitative estimate of drug-likeness (QED) is 0.682. The molecule has 1 N–H and O–H groups in total. The van der Waals surface area contributed by atoms with E-state index in [0.717, 1.165) is 11.3 Å². The van der Waals surface area contributed by atoms with E-state index in [1.165, 1.54) is 0 Å². The lowest BCUT2D eigenvalue weighted by atomic mass is 10.2. The zero-order valence-electron chi connectivity index (χ0n) is 6.15. The molecule has 0 unspecified atom stereocenters. The van der Waals surface area contributed by atoms with Crippen LogP contribution in [0.2, 0.25) is 0 Å². The zero-order valence-corrected chi connectivity index (χ0v) is 6.97. The minimum atomic E-state index is 0.383. The second kappa shape index (κ2) is 2.91. The van der Waals surface area contributed by atoms with Gasteiger partial charge in [0.15, 0.2) is 0 Å². The van der Waals surface area contributed by atoms with Gasteiger partial charge in [0.05, 0.1) is 5.69 Å². The van der Waals surface area contributed by atoms with Crippen molar-refractivity contribution in [3.05, 3.63) is 35.6 Å². The molecule has 0 aliphatic rings. The molecule has 12 heavy (non-hydrogen) atoms. The molecular weight excluding hydrogens is 172 g/mol. The van der Waals surface area contributed by atoms with E-state index in [-0.39, 0.29) is 0 Å². The monoisotopic (exact) mass is 178 g/mol. The van der Waals surface area contributed by atoms with E-state index in [2.05, 4.69) is 9.97 Å². The smallest absolute Gasteiger partial charge is 0.266 e. The van der Waals surface area contributed by atoms with E-state index >= 15 is 0 Å². The van der Waals surface area contributed by atoms with Gasteiger partial charge in [-0.2, -0.15) is 0 Å². The van der Waals surface area contributed by atoms with Crippen LogP contribution in [0.3, 0.4) is 0 Å². The predicted octanol–water partition coefficient (Wildman–Crippen LogP) is 2.40. The van der Waals surface area contributed by atoms with Crippen LogP contribution in [0, 0.1) is 4.84 Å². The Morgan fingerprint density at radius 2 is 2.42 bits per heavy atom. The van der Waals surface area contributed by atoms with Gasteiger partial charge in [-0.15, -0.1) is 0 Å². The van der Waals surface area contributed by atoms with Crippen LogP contribution in [0.25, 0.3) is 11.3 Å². The van der Waals surface area contributed by atoms with Gasteiger partial charge in [0.2, 0.25) is 0 Å². The highest BCUT2D eigenvalue weighted by Gasteiger charge is 1.98. The van der Waals surface area contributed by atoms with Crippen molar-refractivity contribution in [3.8, 4) is 11.3 Å². The molecule has 0 fully saturated rings. The van der Waals surface area contributed by atoms with Crippen LogP contribution in [-0.2, 0) is 0 Å². The molecule has 2 rings (SSSR count). The van der Waals surface area contributed by atoms with Crippen molar-refractivity contribution in [1.82, 2.24) is 9.97 Å². The molecular formula is C8H6N2OS. The Morgan fingerprint density at radius 3 is 3.00 bits per heavy atom. The van der Waals surface area contributed by atoms with Crippen LogP contribution in [0.5, 0.6) is 0 Å². The lowest BCUT2D eigenvalue weighted by molar-refractivity contribution is 0.541. The molecule has 2 aromatic heterocycles. The van der Waals surface area contributed by atoms with E-state index in [1.807, 2.05) is 12.1 Å². The highest BCUT2D eigenvalue weighted by atomic mass is 32.1. The SMILES string of the molecule is S=c1[nH]c(-c2cccnc2)co1. The fourth-order valence-electron chi connectivity index (χ4n) is 0.944. The maximum Gasteiger partial charge on any atom is 0.266 e. The van der Waals surface area contributed by atoms with Gasteiger partial charge in [0.1, 0.15) is 6.26 Å². The summed E-state index contributed by atoms with van der Waals surface area (Å²) in [5.74, 6) is 0. The maximum atomic E-state index is 4.95. The number of hydrogen-bond acceptors (Lipinski definition) is 3. The molecule has 0 bridgehead atoms. The summed E-state index contributed by atoms with van der Waals surface area (Å²) >= 11 is 4.79. The minimum absolute atomic E-state index is 0.383. The number of nitrogens with zero attached hydrogens (tertiary/aromatic N) is 1. The first-order valence-corrected chi connectivity index (χ1v) is 3.85. The lowest BCUT2D eigenvalue weighted by Gasteiger charge is -1.91. The summed E-state index contributed by atoms with van der Waals surface area (Å²) in [6.45, 7) is 0. The molecule has 0 saturated heterocycles. The van der Waals surface area contributed by atoms with Gasteiger partial charge < -0.3 is 9.40 Å². The molecule has 60 valence electrons. The molecule has 2 heterocycles. The van der Waals surface area contributed by atoms with Crippen molar-refractivity contribution in [2.24, 2.45) is 0 Å². The summed E-state index contributed by atoms with van der Waals surface area (Å²) in [4.78, 5) is 7.26. The number of hydrogen-bond donors (Lipinski definition) is 1. The Morgan fingerprint density at radius 1 is 1.50 bits per heavy atom. The third-order valence-electron chi connectivity index (χ3n) is 1.49. The molecule has 2 aromatic rings. The largest absolute Gasteiger partial charge is 0.437 e. The number of rotatable bonds is 1. The van der Waals surface area contributed by atoms with Crippen molar-refractivity contribution in [3.63, 3.8) is 0 Å². The predicted molar refractivity (Wildman–Crippen MR) is 47.1 cm³/mol. The van der Waals surface area contributed by atoms with Crippen molar-refractivity contribution in [2.45, 2.75) is 0 Å². The van der Waals surface area contributed by atoms with Crippen molar-refractivity contribution < 1.29 is 4.42 Å². The molecule has 3 nitrogen and oxygen atoms in total. The van der Waals surface area contributed by atoms with Crippen LogP contribution < -0.4 is 0 Å². The first kappa shape index (κ1) is 7.24. The summed E-state index contributed by atoms with van der Waals surface area (Å²) in [5.41, 5.74) is 1.82. The fourth-order valence-corrected chi connectivity index (χ4v) is 1.10. The molecule has 4 heteroatoms. The summed E-state index contributed by atoms with van der Waals surface area (Å²) in [7, 11) is 0. The maximum absolute atomic E-state index is 4.95. The summed E-state index contributed by atoms with van der Waals surface area (Å²) in [5, 5.41) is 0. The molecule has 0 spiro atoms. The highest BCUT2D eigenvalue weighted by Crippen LogP contribution is 2.14. The zero-order chi connectivity index (χ0) is 8.39. The Hall–Kier alpha value is -1.42. The second-order valence-corrected chi connectivity index (χ2v) is 2.67.